The molecule has 114 valence electrons. The number of rotatable bonds is 4. The van der Waals surface area contributed by atoms with Crippen molar-refractivity contribution in [3.8, 4) is 5.75 Å². The normalized spacial score (nSPS) is 17.3. The minimum absolute atomic E-state index is 0.00261. The van der Waals surface area contributed by atoms with Crippen LogP contribution in [0.2, 0.25) is 5.02 Å². The lowest BCUT2D eigenvalue weighted by molar-refractivity contribution is -0.136. The molecule has 2 N–H and O–H groups in total. The first-order valence-electron chi connectivity index (χ1n) is 6.64. The summed E-state index contributed by atoms with van der Waals surface area (Å²) < 4.78 is 10.4. The summed E-state index contributed by atoms with van der Waals surface area (Å²) in [6.45, 7) is 1.05. The highest BCUT2D eigenvalue weighted by Gasteiger charge is 2.19. The van der Waals surface area contributed by atoms with E-state index < -0.39 is 11.8 Å². The van der Waals surface area contributed by atoms with Gasteiger partial charge in [-0.05, 0) is 31.0 Å². The Morgan fingerprint density at radius 2 is 2.24 bits per heavy atom. The lowest BCUT2D eigenvalue weighted by atomic mass is 10.2. The molecule has 1 saturated heterocycles. The number of ether oxygens (including phenoxy) is 2. The first-order valence-corrected chi connectivity index (χ1v) is 7.02. The molecular formula is C14H17ClN2O4. The smallest absolute Gasteiger partial charge is 0.313 e. The van der Waals surface area contributed by atoms with Crippen LogP contribution >= 0.6 is 11.6 Å². The second-order valence-corrected chi connectivity index (χ2v) is 5.06. The Morgan fingerprint density at radius 1 is 1.43 bits per heavy atom. The largest absolute Gasteiger partial charge is 0.495 e. The zero-order valence-electron chi connectivity index (χ0n) is 11.6. The molecule has 2 amide bonds. The molecule has 1 aromatic rings. The van der Waals surface area contributed by atoms with Gasteiger partial charge in [0, 0.05) is 18.8 Å². The van der Waals surface area contributed by atoms with Crippen LogP contribution in [0.4, 0.5) is 5.69 Å². The molecule has 1 aromatic carbocycles. The molecule has 0 aromatic heterocycles. The van der Waals surface area contributed by atoms with Crippen molar-refractivity contribution in [2.24, 2.45) is 0 Å². The number of carbonyl (C=O) groups excluding carboxylic acids is 2. The summed E-state index contributed by atoms with van der Waals surface area (Å²) in [4.78, 5) is 23.4. The fourth-order valence-corrected chi connectivity index (χ4v) is 2.28. The number of anilines is 1. The van der Waals surface area contributed by atoms with E-state index in [0.29, 0.717) is 29.6 Å². The number of benzene rings is 1. The molecular weight excluding hydrogens is 296 g/mol. The van der Waals surface area contributed by atoms with E-state index in [9.17, 15) is 9.59 Å². The average molecular weight is 313 g/mol. The molecule has 6 nitrogen and oxygen atoms in total. The third-order valence-electron chi connectivity index (χ3n) is 3.13. The minimum Gasteiger partial charge on any atom is -0.495 e. The number of carbonyl (C=O) groups is 2. The summed E-state index contributed by atoms with van der Waals surface area (Å²) in [7, 11) is 1.50. The molecule has 1 heterocycles. The minimum atomic E-state index is -0.741. The van der Waals surface area contributed by atoms with Crippen molar-refractivity contribution in [2.75, 3.05) is 25.6 Å². The Labute approximate surface area is 127 Å². The monoisotopic (exact) mass is 312 g/mol. The van der Waals surface area contributed by atoms with Crippen LogP contribution in [0.3, 0.4) is 0 Å². The van der Waals surface area contributed by atoms with Gasteiger partial charge in [-0.2, -0.15) is 0 Å². The maximum atomic E-state index is 11.7. The fourth-order valence-electron chi connectivity index (χ4n) is 2.02. The lowest BCUT2D eigenvalue weighted by Gasteiger charge is -2.11. The molecule has 21 heavy (non-hydrogen) atoms. The Kier molecular flexibility index (Phi) is 5.41. The number of halogens is 1. The van der Waals surface area contributed by atoms with Crippen LogP contribution in [-0.2, 0) is 14.3 Å². The van der Waals surface area contributed by atoms with Crippen LogP contribution in [0.1, 0.15) is 12.8 Å². The van der Waals surface area contributed by atoms with E-state index in [-0.39, 0.29) is 6.10 Å². The quantitative estimate of drug-likeness (QED) is 0.828. The summed E-state index contributed by atoms with van der Waals surface area (Å²) in [6.07, 6.45) is 1.88. The fraction of sp³-hybridized carbons (Fsp3) is 0.429. The molecule has 7 heteroatoms. The van der Waals surface area contributed by atoms with Gasteiger partial charge in [-0.25, -0.2) is 0 Å². The molecule has 0 aliphatic carbocycles. The molecule has 1 fully saturated rings. The van der Waals surface area contributed by atoms with Crippen molar-refractivity contribution >= 4 is 29.1 Å². The van der Waals surface area contributed by atoms with Crippen LogP contribution in [0, 0.1) is 0 Å². The van der Waals surface area contributed by atoms with Gasteiger partial charge in [0.2, 0.25) is 0 Å². The lowest BCUT2D eigenvalue weighted by Crippen LogP contribution is -2.39. The summed E-state index contributed by atoms with van der Waals surface area (Å²) in [6, 6.07) is 4.74. The van der Waals surface area contributed by atoms with Crippen molar-refractivity contribution in [1.82, 2.24) is 5.32 Å². The number of hydrogen-bond acceptors (Lipinski definition) is 4. The number of amides is 2. The van der Waals surface area contributed by atoms with Gasteiger partial charge in [-0.1, -0.05) is 11.6 Å². The number of hydrogen-bond donors (Lipinski definition) is 2. The van der Waals surface area contributed by atoms with Crippen LogP contribution in [-0.4, -0.2) is 38.2 Å². The molecule has 0 saturated carbocycles. The van der Waals surface area contributed by atoms with Crippen LogP contribution in [0.5, 0.6) is 5.75 Å². The molecule has 0 bridgehead atoms. The highest BCUT2D eigenvalue weighted by atomic mass is 35.5. The molecule has 0 spiro atoms. The van der Waals surface area contributed by atoms with E-state index in [1.807, 2.05) is 0 Å². The summed E-state index contributed by atoms with van der Waals surface area (Å²) in [5.74, 6) is -0.941. The summed E-state index contributed by atoms with van der Waals surface area (Å²) in [5, 5.41) is 5.38. The van der Waals surface area contributed by atoms with Gasteiger partial charge in [0.1, 0.15) is 5.75 Å². The highest BCUT2D eigenvalue weighted by Crippen LogP contribution is 2.27. The van der Waals surface area contributed by atoms with Gasteiger partial charge in [0.25, 0.3) is 0 Å². The predicted molar refractivity (Wildman–Crippen MR) is 78.6 cm³/mol. The maximum absolute atomic E-state index is 11.7. The first kappa shape index (κ1) is 15.6. The SMILES string of the molecule is COc1ccc(NC(=O)C(=O)NC[C@H]2CCCO2)cc1Cl. The van der Waals surface area contributed by atoms with Crippen LogP contribution < -0.4 is 15.4 Å². The van der Waals surface area contributed by atoms with Crippen molar-refractivity contribution in [3.63, 3.8) is 0 Å². The molecule has 2 rings (SSSR count). The molecule has 1 aliphatic rings. The highest BCUT2D eigenvalue weighted by molar-refractivity contribution is 6.40. The Balaban J connectivity index is 1.85. The van der Waals surface area contributed by atoms with Gasteiger partial charge in [0.05, 0.1) is 18.2 Å². The third kappa shape index (κ3) is 4.34. The summed E-state index contributed by atoms with van der Waals surface area (Å²) in [5.41, 5.74) is 0.429. The number of nitrogens with one attached hydrogen (secondary N) is 2. The molecule has 1 aliphatic heterocycles. The van der Waals surface area contributed by atoms with E-state index in [1.54, 1.807) is 12.1 Å². The zero-order chi connectivity index (χ0) is 15.2. The van der Waals surface area contributed by atoms with Crippen molar-refractivity contribution < 1.29 is 19.1 Å². The van der Waals surface area contributed by atoms with E-state index in [0.717, 1.165) is 12.8 Å². The Bertz CT molecular complexity index is 530. The van der Waals surface area contributed by atoms with Crippen molar-refractivity contribution in [2.45, 2.75) is 18.9 Å². The van der Waals surface area contributed by atoms with Crippen molar-refractivity contribution in [3.05, 3.63) is 23.2 Å². The van der Waals surface area contributed by atoms with E-state index in [2.05, 4.69) is 10.6 Å². The van der Waals surface area contributed by atoms with Gasteiger partial charge in [-0.15, -0.1) is 0 Å². The zero-order valence-corrected chi connectivity index (χ0v) is 12.4. The standard InChI is InChI=1S/C14H17ClN2O4/c1-20-12-5-4-9(7-11(12)15)17-14(19)13(18)16-8-10-3-2-6-21-10/h4-5,7,10H,2-3,6,8H2,1H3,(H,16,18)(H,17,19)/t10-/m1/s1. The second-order valence-electron chi connectivity index (χ2n) is 4.65. The third-order valence-corrected chi connectivity index (χ3v) is 3.43. The first-order chi connectivity index (χ1) is 10.1. The molecule has 1 atom stereocenters. The summed E-state index contributed by atoms with van der Waals surface area (Å²) >= 11 is 5.95. The van der Waals surface area contributed by atoms with E-state index in [4.69, 9.17) is 21.1 Å². The van der Waals surface area contributed by atoms with Gasteiger partial charge in [0.15, 0.2) is 0 Å². The van der Waals surface area contributed by atoms with E-state index in [1.165, 1.54) is 13.2 Å². The van der Waals surface area contributed by atoms with Crippen LogP contribution in [0.25, 0.3) is 0 Å². The Hall–Kier alpha value is -1.79. The van der Waals surface area contributed by atoms with Crippen molar-refractivity contribution in [1.29, 1.82) is 0 Å². The number of methoxy groups -OCH3 is 1. The Morgan fingerprint density at radius 3 is 2.86 bits per heavy atom. The van der Waals surface area contributed by atoms with Gasteiger partial charge >= 0.3 is 11.8 Å². The van der Waals surface area contributed by atoms with Gasteiger partial charge < -0.3 is 20.1 Å². The topological polar surface area (TPSA) is 76.7 Å². The van der Waals surface area contributed by atoms with Crippen LogP contribution in [0.15, 0.2) is 18.2 Å². The second kappa shape index (κ2) is 7.28. The molecule has 0 unspecified atom stereocenters. The van der Waals surface area contributed by atoms with Gasteiger partial charge in [-0.3, -0.25) is 9.59 Å². The predicted octanol–water partition coefficient (Wildman–Crippen LogP) is 1.58. The molecule has 0 radical (unpaired) electrons. The maximum Gasteiger partial charge on any atom is 0.313 e. The van der Waals surface area contributed by atoms with E-state index >= 15 is 0 Å². The average Bonchev–Trinajstić information content (AvgIpc) is 2.98.